The Bertz CT molecular complexity index is 640. The van der Waals surface area contributed by atoms with Gasteiger partial charge in [0.15, 0.2) is 5.78 Å². The summed E-state index contributed by atoms with van der Waals surface area (Å²) in [7, 11) is 0. The van der Waals surface area contributed by atoms with Crippen molar-refractivity contribution in [2.75, 3.05) is 44.6 Å². The molecule has 2 aliphatic rings. The predicted molar refractivity (Wildman–Crippen MR) is 109 cm³/mol. The highest BCUT2D eigenvalue weighted by molar-refractivity contribution is 5.97. The topological polar surface area (TPSA) is 52.7 Å². The largest absolute Gasteiger partial charge is 0.325 e. The summed E-state index contributed by atoms with van der Waals surface area (Å²) in [6.45, 7) is 7.32. The maximum atomic E-state index is 12.4. The Morgan fingerprint density at radius 3 is 2.52 bits per heavy atom. The molecule has 2 fully saturated rings. The molecule has 1 saturated heterocycles. The number of hydrogen-bond donors (Lipinski definition) is 1. The van der Waals surface area contributed by atoms with Gasteiger partial charge in [-0.1, -0.05) is 31.4 Å². The van der Waals surface area contributed by atoms with E-state index in [0.29, 0.717) is 17.8 Å². The van der Waals surface area contributed by atoms with Crippen molar-refractivity contribution in [1.82, 2.24) is 9.80 Å². The first-order valence-electron chi connectivity index (χ1n) is 10.5. The summed E-state index contributed by atoms with van der Waals surface area (Å²) in [4.78, 5) is 28.8. The summed E-state index contributed by atoms with van der Waals surface area (Å²) in [6.07, 6.45) is 8.11. The van der Waals surface area contributed by atoms with Crippen molar-refractivity contribution < 1.29 is 9.59 Å². The molecule has 27 heavy (non-hydrogen) atoms. The smallest absolute Gasteiger partial charge is 0.238 e. The lowest BCUT2D eigenvalue weighted by Gasteiger charge is -2.28. The molecule has 0 radical (unpaired) electrons. The number of hydrogen-bond acceptors (Lipinski definition) is 4. The number of benzene rings is 1. The molecule has 1 heterocycles. The van der Waals surface area contributed by atoms with Gasteiger partial charge in [0, 0.05) is 30.9 Å². The number of ketones is 1. The van der Waals surface area contributed by atoms with Crippen LogP contribution in [0.15, 0.2) is 24.3 Å². The van der Waals surface area contributed by atoms with Crippen LogP contribution >= 0.6 is 0 Å². The van der Waals surface area contributed by atoms with E-state index in [1.807, 2.05) is 6.07 Å². The van der Waals surface area contributed by atoms with Crippen LogP contribution < -0.4 is 5.32 Å². The van der Waals surface area contributed by atoms with Crippen molar-refractivity contribution in [2.45, 2.75) is 45.4 Å². The van der Waals surface area contributed by atoms with Crippen molar-refractivity contribution in [1.29, 1.82) is 0 Å². The van der Waals surface area contributed by atoms with Crippen LogP contribution in [0.4, 0.5) is 5.69 Å². The van der Waals surface area contributed by atoms with E-state index >= 15 is 0 Å². The van der Waals surface area contributed by atoms with Gasteiger partial charge in [0.05, 0.1) is 6.54 Å². The van der Waals surface area contributed by atoms with Gasteiger partial charge in [0.25, 0.3) is 0 Å². The Morgan fingerprint density at radius 1 is 1.00 bits per heavy atom. The van der Waals surface area contributed by atoms with Gasteiger partial charge in [-0.05, 0) is 57.3 Å². The predicted octanol–water partition coefficient (Wildman–Crippen LogP) is 3.42. The maximum absolute atomic E-state index is 12.4. The lowest BCUT2D eigenvalue weighted by Crippen LogP contribution is -2.37. The normalized spacial score (nSPS) is 20.2. The minimum Gasteiger partial charge on any atom is -0.325 e. The lowest BCUT2D eigenvalue weighted by molar-refractivity contribution is -0.117. The Morgan fingerprint density at radius 2 is 1.74 bits per heavy atom. The van der Waals surface area contributed by atoms with E-state index in [4.69, 9.17) is 0 Å². The lowest BCUT2D eigenvalue weighted by atomic mass is 9.89. The number of anilines is 1. The van der Waals surface area contributed by atoms with Gasteiger partial charge in [-0.15, -0.1) is 0 Å². The third-order valence-corrected chi connectivity index (χ3v) is 5.84. The molecule has 1 N–H and O–H groups in total. The zero-order valence-corrected chi connectivity index (χ0v) is 16.6. The SMILES string of the molecule is CC(=O)c1cccc(NC(=O)CN2CCCN(CC3CCCCC3)CC2)c1. The van der Waals surface area contributed by atoms with E-state index < -0.39 is 0 Å². The fraction of sp³-hybridized carbons (Fsp3) is 0.636. The number of carbonyl (C=O) groups is 2. The molecule has 0 aromatic heterocycles. The van der Waals surface area contributed by atoms with E-state index in [2.05, 4.69) is 15.1 Å². The van der Waals surface area contributed by atoms with Crippen LogP contribution in [0.2, 0.25) is 0 Å². The highest BCUT2D eigenvalue weighted by Crippen LogP contribution is 2.24. The molecule has 1 aliphatic heterocycles. The summed E-state index contributed by atoms with van der Waals surface area (Å²) in [5.41, 5.74) is 1.32. The van der Waals surface area contributed by atoms with Gasteiger partial charge in [-0.3, -0.25) is 14.5 Å². The van der Waals surface area contributed by atoms with Crippen molar-refractivity contribution in [3.8, 4) is 0 Å². The molecule has 5 heteroatoms. The van der Waals surface area contributed by atoms with Gasteiger partial charge < -0.3 is 10.2 Å². The van der Waals surface area contributed by atoms with Crippen LogP contribution in [0.5, 0.6) is 0 Å². The summed E-state index contributed by atoms with van der Waals surface area (Å²) in [6, 6.07) is 7.16. The fourth-order valence-electron chi connectivity index (χ4n) is 4.32. The number of carbonyl (C=O) groups excluding carboxylic acids is 2. The number of nitrogens with zero attached hydrogens (tertiary/aromatic N) is 2. The highest BCUT2D eigenvalue weighted by Gasteiger charge is 2.21. The van der Waals surface area contributed by atoms with Gasteiger partial charge in [-0.2, -0.15) is 0 Å². The Labute approximate surface area is 163 Å². The molecule has 1 saturated carbocycles. The Balaban J connectivity index is 1.44. The summed E-state index contributed by atoms with van der Waals surface area (Å²) in [5, 5.41) is 2.94. The average Bonchev–Trinajstić information content (AvgIpc) is 2.88. The zero-order chi connectivity index (χ0) is 19.1. The van der Waals surface area contributed by atoms with Crippen molar-refractivity contribution in [3.63, 3.8) is 0 Å². The molecular weight excluding hydrogens is 338 g/mol. The molecule has 1 amide bonds. The van der Waals surface area contributed by atoms with Gasteiger partial charge in [0.2, 0.25) is 5.91 Å². The van der Waals surface area contributed by atoms with Crippen LogP contribution in [0.3, 0.4) is 0 Å². The molecule has 1 aromatic carbocycles. The molecule has 3 rings (SSSR count). The molecule has 0 unspecified atom stereocenters. The minimum atomic E-state index is -0.00330. The third kappa shape index (κ3) is 6.43. The fourth-order valence-corrected chi connectivity index (χ4v) is 4.32. The second-order valence-electron chi connectivity index (χ2n) is 8.12. The monoisotopic (exact) mass is 371 g/mol. The second-order valence-corrected chi connectivity index (χ2v) is 8.12. The number of Topliss-reactive ketones (excluding diaryl/α,β-unsaturated/α-hetero) is 1. The molecule has 0 atom stereocenters. The summed E-state index contributed by atoms with van der Waals surface area (Å²) < 4.78 is 0. The van der Waals surface area contributed by atoms with E-state index in [-0.39, 0.29) is 11.7 Å². The quantitative estimate of drug-likeness (QED) is 0.779. The minimum absolute atomic E-state index is 0.00330. The van der Waals surface area contributed by atoms with Gasteiger partial charge in [-0.25, -0.2) is 0 Å². The van der Waals surface area contributed by atoms with Crippen LogP contribution in [-0.4, -0.2) is 60.8 Å². The summed E-state index contributed by atoms with van der Waals surface area (Å²) >= 11 is 0. The molecule has 0 bridgehead atoms. The van der Waals surface area contributed by atoms with E-state index in [0.717, 1.165) is 38.5 Å². The van der Waals surface area contributed by atoms with Crippen LogP contribution in [0.1, 0.15) is 55.8 Å². The Hall–Kier alpha value is -1.72. The first kappa shape index (κ1) is 20.0. The zero-order valence-electron chi connectivity index (χ0n) is 16.6. The van der Waals surface area contributed by atoms with Crippen LogP contribution in [0.25, 0.3) is 0 Å². The van der Waals surface area contributed by atoms with Gasteiger partial charge >= 0.3 is 0 Å². The highest BCUT2D eigenvalue weighted by atomic mass is 16.2. The molecule has 1 aromatic rings. The third-order valence-electron chi connectivity index (χ3n) is 5.84. The van der Waals surface area contributed by atoms with E-state index in [9.17, 15) is 9.59 Å². The standard InChI is InChI=1S/C22H33N3O2/c1-18(26)20-9-5-10-21(15-20)23-22(27)17-25-12-6-11-24(13-14-25)16-19-7-3-2-4-8-19/h5,9-10,15,19H,2-4,6-8,11-14,16-17H2,1H3,(H,23,27). The van der Waals surface area contributed by atoms with Crippen molar-refractivity contribution in [2.24, 2.45) is 5.92 Å². The first-order valence-corrected chi connectivity index (χ1v) is 10.5. The molecular formula is C22H33N3O2. The van der Waals surface area contributed by atoms with Gasteiger partial charge in [0.1, 0.15) is 0 Å². The summed E-state index contributed by atoms with van der Waals surface area (Å²) in [5.74, 6) is 0.884. The maximum Gasteiger partial charge on any atom is 0.238 e. The van der Waals surface area contributed by atoms with E-state index in [1.54, 1.807) is 18.2 Å². The van der Waals surface area contributed by atoms with Crippen molar-refractivity contribution >= 4 is 17.4 Å². The Kier molecular flexibility index (Phi) is 7.41. The first-order chi connectivity index (χ1) is 13.1. The van der Waals surface area contributed by atoms with E-state index in [1.165, 1.54) is 45.6 Å². The number of amides is 1. The molecule has 0 spiro atoms. The molecule has 1 aliphatic carbocycles. The average molecular weight is 372 g/mol. The van der Waals surface area contributed by atoms with Crippen LogP contribution in [0, 0.1) is 5.92 Å². The molecule has 5 nitrogen and oxygen atoms in total. The number of rotatable bonds is 6. The second kappa shape index (κ2) is 10.00. The number of nitrogens with one attached hydrogen (secondary N) is 1. The molecule has 148 valence electrons. The van der Waals surface area contributed by atoms with Crippen molar-refractivity contribution in [3.05, 3.63) is 29.8 Å². The van der Waals surface area contributed by atoms with Crippen LogP contribution in [-0.2, 0) is 4.79 Å².